The molecule has 0 bridgehead atoms. The monoisotopic (exact) mass is 500 g/mol. The molecule has 0 aromatic carbocycles. The summed E-state index contributed by atoms with van der Waals surface area (Å²) in [4.78, 5) is 43.1. The Balaban J connectivity index is 0. The molecule has 0 fully saturated rings. The van der Waals surface area contributed by atoms with Gasteiger partial charge < -0.3 is 58.4 Å². The summed E-state index contributed by atoms with van der Waals surface area (Å²) in [6.07, 6.45) is -2.87. The topological polar surface area (TPSA) is 205 Å². The van der Waals surface area contributed by atoms with Crippen LogP contribution in [0.5, 0.6) is 0 Å². The molecule has 0 aromatic heterocycles. The molecular formula is C20H36O14. The van der Waals surface area contributed by atoms with Gasteiger partial charge in [-0.3, -0.25) is 4.79 Å². The zero-order chi connectivity index (χ0) is 26.5. The molecule has 0 aliphatic heterocycles. The SMILES string of the molecule is COCC(C=O)OC(CO)C(C=O)COC.COCC(OC(CO)C(COC)C(=O)O)C(=O)O. The van der Waals surface area contributed by atoms with E-state index < -0.39 is 54.8 Å². The maximum absolute atomic E-state index is 10.9. The lowest BCUT2D eigenvalue weighted by Gasteiger charge is -2.25. The largest absolute Gasteiger partial charge is 0.481 e. The molecule has 14 nitrogen and oxygen atoms in total. The van der Waals surface area contributed by atoms with Gasteiger partial charge >= 0.3 is 11.9 Å². The van der Waals surface area contributed by atoms with Crippen LogP contribution in [0, 0.1) is 11.8 Å². The van der Waals surface area contributed by atoms with E-state index >= 15 is 0 Å². The van der Waals surface area contributed by atoms with Crippen molar-refractivity contribution < 1.29 is 68.0 Å². The lowest BCUT2D eigenvalue weighted by atomic mass is 10.0. The molecule has 0 saturated heterocycles. The molecule has 6 unspecified atom stereocenters. The molecule has 14 heteroatoms. The molecule has 0 heterocycles. The van der Waals surface area contributed by atoms with Crippen LogP contribution in [-0.2, 0) is 47.6 Å². The van der Waals surface area contributed by atoms with Crippen molar-refractivity contribution in [1.29, 1.82) is 0 Å². The van der Waals surface area contributed by atoms with Crippen molar-refractivity contribution in [2.75, 3.05) is 68.1 Å². The fourth-order valence-corrected chi connectivity index (χ4v) is 2.52. The van der Waals surface area contributed by atoms with Gasteiger partial charge in [0, 0.05) is 28.4 Å². The molecule has 34 heavy (non-hydrogen) atoms. The van der Waals surface area contributed by atoms with E-state index in [-0.39, 0.29) is 33.0 Å². The number of aldehydes is 2. The maximum Gasteiger partial charge on any atom is 0.335 e. The Labute approximate surface area is 197 Å². The van der Waals surface area contributed by atoms with Crippen LogP contribution in [0.4, 0.5) is 0 Å². The average Bonchev–Trinajstić information content (AvgIpc) is 2.82. The van der Waals surface area contributed by atoms with Crippen molar-refractivity contribution in [2.45, 2.75) is 24.4 Å². The lowest BCUT2D eigenvalue weighted by molar-refractivity contribution is -0.173. The van der Waals surface area contributed by atoms with E-state index in [2.05, 4.69) is 4.74 Å². The fraction of sp³-hybridized carbons (Fsp3) is 0.800. The molecule has 6 atom stereocenters. The minimum atomic E-state index is -1.34. The lowest BCUT2D eigenvalue weighted by Crippen LogP contribution is -2.42. The van der Waals surface area contributed by atoms with E-state index in [0.29, 0.717) is 12.6 Å². The van der Waals surface area contributed by atoms with E-state index in [1.54, 1.807) is 0 Å². The molecule has 0 amide bonds. The van der Waals surface area contributed by atoms with Crippen molar-refractivity contribution in [3.8, 4) is 0 Å². The van der Waals surface area contributed by atoms with Crippen LogP contribution in [-0.4, -0.2) is 137 Å². The number of carboxylic acids is 2. The number of rotatable bonds is 20. The van der Waals surface area contributed by atoms with Crippen molar-refractivity contribution in [3.05, 3.63) is 0 Å². The van der Waals surface area contributed by atoms with Crippen molar-refractivity contribution in [1.82, 2.24) is 0 Å². The first-order valence-electron chi connectivity index (χ1n) is 10.0. The van der Waals surface area contributed by atoms with Gasteiger partial charge in [0.1, 0.15) is 18.3 Å². The molecule has 4 N–H and O–H groups in total. The van der Waals surface area contributed by atoms with E-state index in [0.717, 1.165) is 0 Å². The zero-order valence-electron chi connectivity index (χ0n) is 19.7. The summed E-state index contributed by atoms with van der Waals surface area (Å²) in [5.74, 6) is -4.29. The summed E-state index contributed by atoms with van der Waals surface area (Å²) in [6.45, 7) is -1.22. The minimum Gasteiger partial charge on any atom is -0.481 e. The molecule has 0 saturated carbocycles. The smallest absolute Gasteiger partial charge is 0.335 e. The molecule has 200 valence electrons. The number of methoxy groups -OCH3 is 4. The van der Waals surface area contributed by atoms with Crippen LogP contribution >= 0.6 is 0 Å². The van der Waals surface area contributed by atoms with E-state index in [9.17, 15) is 19.2 Å². The number of aliphatic hydroxyl groups is 2. The van der Waals surface area contributed by atoms with Crippen molar-refractivity contribution in [2.24, 2.45) is 11.8 Å². The quantitative estimate of drug-likeness (QED) is 0.132. The fourth-order valence-electron chi connectivity index (χ4n) is 2.52. The van der Waals surface area contributed by atoms with Crippen LogP contribution in [0.15, 0.2) is 0 Å². The van der Waals surface area contributed by atoms with Gasteiger partial charge in [0.15, 0.2) is 12.4 Å². The molecular weight excluding hydrogens is 464 g/mol. The first-order valence-corrected chi connectivity index (χ1v) is 10.0. The Morgan fingerprint density at radius 1 is 0.706 bits per heavy atom. The summed E-state index contributed by atoms with van der Waals surface area (Å²) in [5, 5.41) is 35.9. The predicted octanol–water partition coefficient (Wildman–Crippen LogP) is -2.15. The van der Waals surface area contributed by atoms with E-state index in [1.807, 2.05) is 0 Å². The van der Waals surface area contributed by atoms with Gasteiger partial charge in [-0.25, -0.2) is 4.79 Å². The number of aliphatic hydroxyl groups excluding tert-OH is 2. The van der Waals surface area contributed by atoms with Crippen LogP contribution < -0.4 is 0 Å². The first-order chi connectivity index (χ1) is 16.2. The maximum atomic E-state index is 10.9. The number of hydrogen-bond acceptors (Lipinski definition) is 12. The third-order valence-electron chi connectivity index (χ3n) is 4.25. The van der Waals surface area contributed by atoms with Crippen molar-refractivity contribution in [3.63, 3.8) is 0 Å². The van der Waals surface area contributed by atoms with E-state index in [4.69, 9.17) is 44.1 Å². The first kappa shape index (κ1) is 34.1. The Morgan fingerprint density at radius 3 is 1.59 bits per heavy atom. The Kier molecular flexibility index (Phi) is 21.6. The highest BCUT2D eigenvalue weighted by atomic mass is 16.6. The predicted molar refractivity (Wildman–Crippen MR) is 113 cm³/mol. The van der Waals surface area contributed by atoms with Crippen LogP contribution in [0.25, 0.3) is 0 Å². The second-order valence-corrected chi connectivity index (χ2v) is 6.78. The Bertz CT molecular complexity index is 557. The summed E-state index contributed by atoms with van der Waals surface area (Å²) in [6, 6.07) is 0. The number of ether oxygens (including phenoxy) is 6. The van der Waals surface area contributed by atoms with Gasteiger partial charge in [-0.05, 0) is 0 Å². The molecule has 0 aliphatic carbocycles. The molecule has 0 aliphatic rings. The van der Waals surface area contributed by atoms with Crippen LogP contribution in [0.2, 0.25) is 0 Å². The van der Waals surface area contributed by atoms with Gasteiger partial charge in [-0.1, -0.05) is 0 Å². The number of carbonyl (C=O) groups is 4. The molecule has 0 aromatic rings. The molecule has 0 rings (SSSR count). The Morgan fingerprint density at radius 2 is 1.24 bits per heavy atom. The van der Waals surface area contributed by atoms with Gasteiger partial charge in [0.05, 0.1) is 57.8 Å². The van der Waals surface area contributed by atoms with Gasteiger partial charge in [-0.2, -0.15) is 0 Å². The van der Waals surface area contributed by atoms with Crippen molar-refractivity contribution >= 4 is 24.5 Å². The highest BCUT2D eigenvalue weighted by Crippen LogP contribution is 2.12. The number of carboxylic acid groups (broad SMARTS) is 2. The molecule has 0 spiro atoms. The summed E-state index contributed by atoms with van der Waals surface area (Å²) in [5.41, 5.74) is 0. The van der Waals surface area contributed by atoms with Gasteiger partial charge in [0.25, 0.3) is 0 Å². The second-order valence-electron chi connectivity index (χ2n) is 6.78. The normalized spacial score (nSPS) is 16.2. The van der Waals surface area contributed by atoms with Gasteiger partial charge in [-0.15, -0.1) is 0 Å². The minimum absolute atomic E-state index is 0.0819. The number of hydrogen-bond donors (Lipinski definition) is 4. The zero-order valence-corrected chi connectivity index (χ0v) is 19.7. The third-order valence-corrected chi connectivity index (χ3v) is 4.25. The Hall–Kier alpha value is -2.04. The van der Waals surface area contributed by atoms with Crippen LogP contribution in [0.3, 0.4) is 0 Å². The number of carbonyl (C=O) groups excluding carboxylic acids is 2. The van der Waals surface area contributed by atoms with Gasteiger partial charge in [0.2, 0.25) is 0 Å². The highest BCUT2D eigenvalue weighted by Gasteiger charge is 2.33. The summed E-state index contributed by atoms with van der Waals surface area (Å²) < 4.78 is 29.2. The standard InChI is InChI=1S/C10H18O8.C10H18O6/c1-16-4-6(9(12)13)7(3-11)18-8(5-17-2)10(14)15;1-14-6-8(3-11)10(5-13)16-9(4-12)7-15-2/h6-8,11H,3-5H2,1-2H3,(H,12,13)(H,14,15);3-4,8-10,13H,5-7H2,1-2H3. The third kappa shape index (κ3) is 14.3. The summed E-state index contributed by atoms with van der Waals surface area (Å²) >= 11 is 0. The molecule has 0 radical (unpaired) electrons. The summed E-state index contributed by atoms with van der Waals surface area (Å²) in [7, 11) is 5.46. The number of aliphatic carboxylic acids is 2. The van der Waals surface area contributed by atoms with Crippen LogP contribution in [0.1, 0.15) is 0 Å². The highest BCUT2D eigenvalue weighted by molar-refractivity contribution is 5.73. The second kappa shape index (κ2) is 21.5. The average molecular weight is 500 g/mol. The van der Waals surface area contributed by atoms with E-state index in [1.165, 1.54) is 28.4 Å².